The second-order valence-corrected chi connectivity index (χ2v) is 15.3. The largest absolute Gasteiger partial charge is 0.444 e. The Bertz CT molecular complexity index is 2020. The summed E-state index contributed by atoms with van der Waals surface area (Å²) >= 11 is 0. The molecule has 0 radical (unpaired) electrons. The fraction of sp³-hybridized carbons (Fsp3) is 0.425. The molecule has 5 N–H and O–H groups in total. The van der Waals surface area contributed by atoms with Crippen molar-refractivity contribution in [3.05, 3.63) is 77.6 Å². The summed E-state index contributed by atoms with van der Waals surface area (Å²) in [5.74, 6) is -0.644. The Morgan fingerprint density at radius 3 is 2.34 bits per heavy atom. The number of aromatic nitrogens is 5. The summed E-state index contributed by atoms with van der Waals surface area (Å²) in [7, 11) is 0. The summed E-state index contributed by atoms with van der Waals surface area (Å²) in [5, 5.41) is 25.5. The molecule has 4 aromatic rings. The third kappa shape index (κ3) is 10.5. The zero-order valence-electron chi connectivity index (χ0n) is 32.1. The molecule has 1 unspecified atom stereocenters. The predicted octanol–water partition coefficient (Wildman–Crippen LogP) is 3.81. The highest BCUT2D eigenvalue weighted by Gasteiger charge is 2.31. The van der Waals surface area contributed by atoms with E-state index >= 15 is 0 Å². The van der Waals surface area contributed by atoms with E-state index in [9.17, 15) is 24.0 Å². The lowest BCUT2D eigenvalue weighted by atomic mass is 9.81. The molecular formula is C40H48N10O6. The third-order valence-corrected chi connectivity index (χ3v) is 9.90. The molecule has 2 aliphatic rings. The fourth-order valence-corrected chi connectivity index (χ4v) is 6.89. The van der Waals surface area contributed by atoms with Crippen LogP contribution in [-0.4, -0.2) is 98.1 Å². The Balaban J connectivity index is 1.11. The van der Waals surface area contributed by atoms with E-state index < -0.39 is 17.7 Å². The molecule has 16 nitrogen and oxygen atoms in total. The number of H-pyrrole nitrogens is 1. The number of hydrogen-bond acceptors (Lipinski definition) is 10. The van der Waals surface area contributed by atoms with E-state index in [1.807, 2.05) is 52.0 Å². The van der Waals surface area contributed by atoms with Crippen LogP contribution >= 0.6 is 0 Å². The van der Waals surface area contributed by atoms with Gasteiger partial charge in [0.15, 0.2) is 0 Å². The van der Waals surface area contributed by atoms with Gasteiger partial charge in [-0.2, -0.15) is 5.21 Å². The number of nitrogens with zero attached hydrogens (tertiary/aromatic N) is 5. The summed E-state index contributed by atoms with van der Waals surface area (Å²) in [6.07, 6.45) is 4.24. The highest BCUT2D eigenvalue weighted by atomic mass is 16.6. The normalized spacial score (nSPS) is 17.6. The number of amides is 5. The number of anilines is 1. The molecule has 5 amide bonds. The van der Waals surface area contributed by atoms with Crippen molar-refractivity contribution < 1.29 is 28.7 Å². The third-order valence-electron chi connectivity index (χ3n) is 9.90. The van der Waals surface area contributed by atoms with Crippen molar-refractivity contribution in [2.24, 2.45) is 11.8 Å². The van der Waals surface area contributed by atoms with Crippen LogP contribution in [0.2, 0.25) is 0 Å². The average molecular weight is 765 g/mol. The first-order chi connectivity index (χ1) is 26.8. The Morgan fingerprint density at radius 1 is 0.982 bits per heavy atom. The van der Waals surface area contributed by atoms with Gasteiger partial charge >= 0.3 is 6.09 Å². The van der Waals surface area contributed by atoms with Gasteiger partial charge in [0.05, 0.1) is 6.54 Å². The van der Waals surface area contributed by atoms with Crippen LogP contribution < -0.4 is 21.3 Å². The van der Waals surface area contributed by atoms with Crippen molar-refractivity contribution in [1.82, 2.24) is 46.5 Å². The minimum absolute atomic E-state index is 0.00621. The molecule has 2 aromatic carbocycles. The number of alkyl carbamates (subject to hydrolysis) is 1. The first kappa shape index (κ1) is 39.5. The number of hydrogen-bond donors (Lipinski definition) is 5. The first-order valence-corrected chi connectivity index (χ1v) is 18.8. The number of piperazine rings is 1. The van der Waals surface area contributed by atoms with Gasteiger partial charge in [-0.3, -0.25) is 24.2 Å². The summed E-state index contributed by atoms with van der Waals surface area (Å²) < 4.78 is 5.35. The molecule has 2 fully saturated rings. The average Bonchev–Trinajstić information content (AvgIpc) is 3.72. The topological polar surface area (TPSA) is 213 Å². The molecule has 1 aliphatic heterocycles. The van der Waals surface area contributed by atoms with Crippen LogP contribution in [0.3, 0.4) is 0 Å². The van der Waals surface area contributed by atoms with Gasteiger partial charge < -0.3 is 30.9 Å². The molecule has 294 valence electrons. The molecule has 56 heavy (non-hydrogen) atoms. The van der Waals surface area contributed by atoms with Crippen LogP contribution in [-0.2, 0) is 25.5 Å². The van der Waals surface area contributed by atoms with Crippen molar-refractivity contribution >= 4 is 35.4 Å². The Hall–Kier alpha value is -6.19. The van der Waals surface area contributed by atoms with E-state index in [4.69, 9.17) is 4.74 Å². The van der Waals surface area contributed by atoms with Crippen LogP contribution in [0.25, 0.3) is 22.5 Å². The van der Waals surface area contributed by atoms with Crippen molar-refractivity contribution in [3.63, 3.8) is 0 Å². The molecule has 2 aromatic heterocycles. The van der Waals surface area contributed by atoms with Gasteiger partial charge in [-0.1, -0.05) is 24.3 Å². The number of carbonyl (C=O) groups excluding carboxylic acids is 5. The SMILES string of the molecule is Cc1cc(C(=O)N2CCNC(=O)C2)ncc1-c1ccc(CC(NC(=O)C2CCC(CNC(=O)OC(C)(C)C)CC2)C(=O)Nc2ccc(-c3nn[nH]n3)cc2)cc1. The van der Waals surface area contributed by atoms with Crippen molar-refractivity contribution in [1.29, 1.82) is 0 Å². The summed E-state index contributed by atoms with van der Waals surface area (Å²) in [6.45, 7) is 8.68. The smallest absolute Gasteiger partial charge is 0.407 e. The van der Waals surface area contributed by atoms with Crippen molar-refractivity contribution in [2.45, 2.75) is 71.4 Å². The molecule has 0 spiro atoms. The van der Waals surface area contributed by atoms with Crippen LogP contribution in [0.5, 0.6) is 0 Å². The van der Waals surface area contributed by atoms with Gasteiger partial charge in [-0.25, -0.2) is 4.79 Å². The number of aryl methyl sites for hydroxylation is 1. The molecule has 3 heterocycles. The van der Waals surface area contributed by atoms with Gasteiger partial charge in [0.1, 0.15) is 17.3 Å². The van der Waals surface area contributed by atoms with Crippen LogP contribution in [0.4, 0.5) is 10.5 Å². The maximum Gasteiger partial charge on any atom is 0.407 e. The molecule has 0 bridgehead atoms. The fourth-order valence-electron chi connectivity index (χ4n) is 6.89. The minimum Gasteiger partial charge on any atom is -0.444 e. The Kier molecular flexibility index (Phi) is 12.4. The second-order valence-electron chi connectivity index (χ2n) is 15.3. The number of benzene rings is 2. The van der Waals surface area contributed by atoms with Gasteiger partial charge in [-0.05, 0) is 112 Å². The van der Waals surface area contributed by atoms with E-state index in [2.05, 4.69) is 46.9 Å². The monoisotopic (exact) mass is 764 g/mol. The van der Waals surface area contributed by atoms with Gasteiger partial charge in [0, 0.05) is 55.0 Å². The number of pyridine rings is 1. The van der Waals surface area contributed by atoms with Gasteiger partial charge in [0.2, 0.25) is 23.5 Å². The zero-order chi connectivity index (χ0) is 39.8. The number of ether oxygens (including phenoxy) is 1. The molecular weight excluding hydrogens is 717 g/mol. The van der Waals surface area contributed by atoms with Crippen LogP contribution in [0.15, 0.2) is 60.8 Å². The lowest BCUT2D eigenvalue weighted by molar-refractivity contribution is -0.130. The van der Waals surface area contributed by atoms with Crippen molar-refractivity contribution in [3.8, 4) is 22.5 Å². The zero-order valence-corrected chi connectivity index (χ0v) is 32.1. The molecule has 1 saturated heterocycles. The van der Waals surface area contributed by atoms with Crippen LogP contribution in [0.1, 0.15) is 68.1 Å². The van der Waals surface area contributed by atoms with Crippen molar-refractivity contribution in [2.75, 3.05) is 31.5 Å². The second kappa shape index (κ2) is 17.5. The molecule has 1 aliphatic carbocycles. The number of rotatable bonds is 11. The highest BCUT2D eigenvalue weighted by molar-refractivity contribution is 5.98. The minimum atomic E-state index is -0.873. The predicted molar refractivity (Wildman–Crippen MR) is 207 cm³/mol. The van der Waals surface area contributed by atoms with Gasteiger partial charge in [0.25, 0.3) is 5.91 Å². The number of nitrogens with one attached hydrogen (secondary N) is 5. The van der Waals surface area contributed by atoms with Gasteiger partial charge in [-0.15, -0.1) is 10.2 Å². The Morgan fingerprint density at radius 2 is 1.70 bits per heavy atom. The van der Waals surface area contributed by atoms with E-state index in [0.717, 1.165) is 40.7 Å². The molecule has 1 atom stereocenters. The lowest BCUT2D eigenvalue weighted by Gasteiger charge is -2.29. The quantitative estimate of drug-likeness (QED) is 0.149. The standard InChI is InChI=1S/C40H48N10O6/c1-24-19-33(38(54)50-18-17-41-34(51)23-50)42-22-31(24)27-9-5-25(6-10-27)20-32(37(53)44-30-15-13-28(14-16-30)35-46-48-49-47-35)45-36(52)29-11-7-26(8-12-29)21-43-39(55)56-40(2,3)4/h5-6,9-10,13-16,19,22,26,29,32H,7-8,11-12,17-18,20-21,23H2,1-4H3,(H,41,51)(H,43,55)(H,44,53)(H,45,52)(H,46,47,48,49). The summed E-state index contributed by atoms with van der Waals surface area (Å²) in [5.41, 5.74) is 4.36. The van der Waals surface area contributed by atoms with E-state index in [-0.39, 0.29) is 54.1 Å². The summed E-state index contributed by atoms with van der Waals surface area (Å²) in [4.78, 5) is 70.3. The lowest BCUT2D eigenvalue weighted by Crippen LogP contribution is -2.50. The Labute approximate surface area is 324 Å². The van der Waals surface area contributed by atoms with E-state index in [1.165, 1.54) is 4.90 Å². The number of aromatic amines is 1. The molecule has 1 saturated carbocycles. The maximum atomic E-state index is 13.8. The maximum absolute atomic E-state index is 13.8. The van der Waals surface area contributed by atoms with Crippen LogP contribution in [0, 0.1) is 18.8 Å². The number of carbonyl (C=O) groups is 5. The van der Waals surface area contributed by atoms with E-state index in [0.29, 0.717) is 44.0 Å². The summed E-state index contributed by atoms with van der Waals surface area (Å²) in [6, 6.07) is 15.6. The van der Waals surface area contributed by atoms with E-state index in [1.54, 1.807) is 36.5 Å². The molecule has 16 heteroatoms. The first-order valence-electron chi connectivity index (χ1n) is 18.8. The number of tetrazole rings is 1. The molecule has 6 rings (SSSR count). The highest BCUT2D eigenvalue weighted by Crippen LogP contribution is 2.29.